The normalized spacial score (nSPS) is 12.7. The van der Waals surface area contributed by atoms with Gasteiger partial charge in [-0.15, -0.1) is 0 Å². The molecular weight excluding hydrogens is 384 g/mol. The molecule has 2 aromatic carbocycles. The van der Waals surface area contributed by atoms with Crippen LogP contribution in [-0.2, 0) is 27.2 Å². The van der Waals surface area contributed by atoms with Crippen LogP contribution in [0.3, 0.4) is 0 Å². The van der Waals surface area contributed by atoms with Crippen LogP contribution in [0.15, 0.2) is 42.5 Å². The van der Waals surface area contributed by atoms with Crippen LogP contribution in [0, 0.1) is 0 Å². The largest absolute Gasteiger partial charge is 0.456 e. The molecule has 7 nitrogen and oxygen atoms in total. The molecule has 1 aliphatic heterocycles. The molecule has 3 rings (SSSR count). The van der Waals surface area contributed by atoms with E-state index in [1.54, 1.807) is 24.3 Å². The fraction of sp³-hybridized carbons (Fsp3) is 0.304. The van der Waals surface area contributed by atoms with Crippen molar-refractivity contribution in [3.05, 3.63) is 64.7 Å². The fourth-order valence-corrected chi connectivity index (χ4v) is 3.44. The Kier molecular flexibility index (Phi) is 6.61. The lowest BCUT2D eigenvalue weighted by molar-refractivity contribution is -0.147. The summed E-state index contributed by atoms with van der Waals surface area (Å²) in [5.41, 5.74) is 3.45. The Hall–Kier alpha value is -3.48. The molecule has 0 spiro atoms. The summed E-state index contributed by atoms with van der Waals surface area (Å²) >= 11 is 0. The number of hydrogen-bond donors (Lipinski definition) is 1. The van der Waals surface area contributed by atoms with Crippen LogP contribution in [0.4, 0.5) is 5.69 Å². The summed E-state index contributed by atoms with van der Waals surface area (Å²) < 4.78 is 5.03. The van der Waals surface area contributed by atoms with E-state index in [1.165, 1.54) is 0 Å². The molecule has 0 aromatic heterocycles. The van der Waals surface area contributed by atoms with Gasteiger partial charge in [-0.3, -0.25) is 24.1 Å². The molecule has 1 N–H and O–H groups in total. The van der Waals surface area contributed by atoms with Crippen LogP contribution in [-0.4, -0.2) is 41.7 Å². The summed E-state index contributed by atoms with van der Waals surface area (Å²) in [6, 6.07) is 12.4. The SMILES string of the molecule is CCc1cccc(CC)c1NC(=O)COC(=O)CCN1C(=O)c2ccccc2C1=O. The first-order chi connectivity index (χ1) is 14.5. The molecule has 0 radical (unpaired) electrons. The molecule has 0 atom stereocenters. The monoisotopic (exact) mass is 408 g/mol. The molecule has 1 heterocycles. The number of carbonyl (C=O) groups is 4. The van der Waals surface area contributed by atoms with E-state index >= 15 is 0 Å². The highest BCUT2D eigenvalue weighted by Gasteiger charge is 2.35. The summed E-state index contributed by atoms with van der Waals surface area (Å²) in [6.07, 6.45) is 1.36. The Morgan fingerprint density at radius 2 is 1.47 bits per heavy atom. The number of carbonyl (C=O) groups excluding carboxylic acids is 4. The summed E-state index contributed by atoms with van der Waals surface area (Å²) in [6.45, 7) is 3.49. The molecule has 30 heavy (non-hydrogen) atoms. The number of aryl methyl sites for hydroxylation is 2. The summed E-state index contributed by atoms with van der Waals surface area (Å²) in [5.74, 6) is -1.94. The number of amides is 3. The number of imide groups is 1. The second-order valence-electron chi connectivity index (χ2n) is 6.92. The molecule has 2 aromatic rings. The number of para-hydroxylation sites is 1. The van der Waals surface area contributed by atoms with Gasteiger partial charge in [0.2, 0.25) is 0 Å². The number of nitrogens with one attached hydrogen (secondary N) is 1. The Bertz CT molecular complexity index is 942. The number of rotatable bonds is 8. The summed E-state index contributed by atoms with van der Waals surface area (Å²) in [5, 5.41) is 2.82. The van der Waals surface area contributed by atoms with Crippen LogP contribution >= 0.6 is 0 Å². The molecule has 7 heteroatoms. The van der Waals surface area contributed by atoms with Crippen molar-refractivity contribution in [1.29, 1.82) is 0 Å². The number of hydrogen-bond acceptors (Lipinski definition) is 5. The predicted molar refractivity (Wildman–Crippen MR) is 111 cm³/mol. The summed E-state index contributed by atoms with van der Waals surface area (Å²) in [4.78, 5) is 49.9. The smallest absolute Gasteiger partial charge is 0.308 e. The van der Waals surface area contributed by atoms with E-state index in [9.17, 15) is 19.2 Å². The lowest BCUT2D eigenvalue weighted by atomic mass is 10.0. The van der Waals surface area contributed by atoms with Gasteiger partial charge in [0.1, 0.15) is 0 Å². The molecule has 0 bridgehead atoms. The fourth-order valence-electron chi connectivity index (χ4n) is 3.44. The third-order valence-corrected chi connectivity index (χ3v) is 5.05. The van der Waals surface area contributed by atoms with Crippen molar-refractivity contribution >= 4 is 29.4 Å². The predicted octanol–water partition coefficient (Wildman–Crippen LogP) is 2.98. The molecular formula is C23H24N2O5. The van der Waals surface area contributed by atoms with E-state index < -0.39 is 30.3 Å². The Morgan fingerprint density at radius 1 is 0.900 bits per heavy atom. The first-order valence-electron chi connectivity index (χ1n) is 9.97. The van der Waals surface area contributed by atoms with Gasteiger partial charge >= 0.3 is 5.97 Å². The van der Waals surface area contributed by atoms with Gasteiger partial charge in [-0.05, 0) is 36.1 Å². The third-order valence-electron chi connectivity index (χ3n) is 5.05. The zero-order valence-electron chi connectivity index (χ0n) is 17.1. The van der Waals surface area contributed by atoms with E-state index in [0.717, 1.165) is 34.6 Å². The van der Waals surface area contributed by atoms with Crippen molar-refractivity contribution in [2.24, 2.45) is 0 Å². The maximum Gasteiger partial charge on any atom is 0.308 e. The minimum atomic E-state index is -0.652. The Balaban J connectivity index is 1.51. The van der Waals surface area contributed by atoms with Gasteiger partial charge in [0, 0.05) is 12.2 Å². The second kappa shape index (κ2) is 9.35. The zero-order chi connectivity index (χ0) is 21.7. The van der Waals surface area contributed by atoms with Crippen LogP contribution < -0.4 is 5.32 Å². The van der Waals surface area contributed by atoms with Gasteiger partial charge in [-0.1, -0.05) is 44.2 Å². The molecule has 0 saturated heterocycles. The van der Waals surface area contributed by atoms with Crippen molar-refractivity contribution in [2.75, 3.05) is 18.5 Å². The van der Waals surface area contributed by atoms with E-state index in [0.29, 0.717) is 11.1 Å². The van der Waals surface area contributed by atoms with Crippen molar-refractivity contribution in [2.45, 2.75) is 33.1 Å². The average molecular weight is 408 g/mol. The van der Waals surface area contributed by atoms with Gasteiger partial charge < -0.3 is 10.1 Å². The highest BCUT2D eigenvalue weighted by Crippen LogP contribution is 2.23. The summed E-state index contributed by atoms with van der Waals surface area (Å²) in [7, 11) is 0. The molecule has 0 unspecified atom stereocenters. The molecule has 156 valence electrons. The van der Waals surface area contributed by atoms with Crippen molar-refractivity contribution in [3.8, 4) is 0 Å². The van der Waals surface area contributed by atoms with Gasteiger partial charge in [-0.2, -0.15) is 0 Å². The van der Waals surface area contributed by atoms with E-state index in [1.807, 2.05) is 32.0 Å². The zero-order valence-corrected chi connectivity index (χ0v) is 17.1. The first-order valence-corrected chi connectivity index (χ1v) is 9.97. The highest BCUT2D eigenvalue weighted by molar-refractivity contribution is 6.21. The van der Waals surface area contributed by atoms with E-state index in [-0.39, 0.29) is 13.0 Å². The molecule has 0 saturated carbocycles. The van der Waals surface area contributed by atoms with Crippen molar-refractivity contribution < 1.29 is 23.9 Å². The number of esters is 1. The quantitative estimate of drug-likeness (QED) is 0.535. The van der Waals surface area contributed by atoms with Crippen LogP contribution in [0.5, 0.6) is 0 Å². The number of benzene rings is 2. The van der Waals surface area contributed by atoms with E-state index in [4.69, 9.17) is 4.74 Å². The van der Waals surface area contributed by atoms with Crippen molar-refractivity contribution in [3.63, 3.8) is 0 Å². The maximum atomic E-state index is 12.3. The van der Waals surface area contributed by atoms with Crippen LogP contribution in [0.25, 0.3) is 0 Å². The molecule has 0 fully saturated rings. The lowest BCUT2D eigenvalue weighted by Crippen LogP contribution is -2.32. The second-order valence-corrected chi connectivity index (χ2v) is 6.92. The lowest BCUT2D eigenvalue weighted by Gasteiger charge is -2.15. The van der Waals surface area contributed by atoms with Gasteiger partial charge in [0.05, 0.1) is 17.5 Å². The number of fused-ring (bicyclic) bond motifs is 1. The third kappa shape index (κ3) is 4.40. The molecule has 3 amide bonds. The minimum Gasteiger partial charge on any atom is -0.456 e. The van der Waals surface area contributed by atoms with Gasteiger partial charge in [0.25, 0.3) is 17.7 Å². The highest BCUT2D eigenvalue weighted by atomic mass is 16.5. The number of anilines is 1. The average Bonchev–Trinajstić information content (AvgIpc) is 3.01. The van der Waals surface area contributed by atoms with Crippen molar-refractivity contribution in [1.82, 2.24) is 4.90 Å². The molecule has 1 aliphatic rings. The van der Waals surface area contributed by atoms with Gasteiger partial charge in [-0.25, -0.2) is 0 Å². The van der Waals surface area contributed by atoms with E-state index in [2.05, 4.69) is 5.32 Å². The van der Waals surface area contributed by atoms with Crippen LogP contribution in [0.1, 0.15) is 52.1 Å². The number of ether oxygens (including phenoxy) is 1. The van der Waals surface area contributed by atoms with Gasteiger partial charge in [0.15, 0.2) is 6.61 Å². The number of nitrogens with zero attached hydrogens (tertiary/aromatic N) is 1. The Morgan fingerprint density at radius 3 is 2.00 bits per heavy atom. The minimum absolute atomic E-state index is 0.0918. The van der Waals surface area contributed by atoms with Crippen LogP contribution in [0.2, 0.25) is 0 Å². The first kappa shape index (κ1) is 21.2. The molecule has 0 aliphatic carbocycles. The topological polar surface area (TPSA) is 92.8 Å². The maximum absolute atomic E-state index is 12.3. The standard InChI is InChI=1S/C23H24N2O5/c1-3-15-8-7-9-16(4-2)21(15)24-19(26)14-30-20(27)12-13-25-22(28)17-10-5-6-11-18(17)23(25)29/h5-11H,3-4,12-14H2,1-2H3,(H,24,26). The Labute approximate surface area is 175 Å².